The topological polar surface area (TPSA) is 12.0 Å². The minimum absolute atomic E-state index is 0.126. The van der Waals surface area contributed by atoms with E-state index in [1.807, 2.05) is 0 Å². The van der Waals surface area contributed by atoms with E-state index < -0.39 is 0 Å². The van der Waals surface area contributed by atoms with Crippen molar-refractivity contribution in [2.75, 3.05) is 6.54 Å². The summed E-state index contributed by atoms with van der Waals surface area (Å²) in [7, 11) is 0. The first kappa shape index (κ1) is 15.5. The first-order valence-corrected chi connectivity index (χ1v) is 8.12. The molecule has 1 aromatic carbocycles. The molecule has 108 valence electrons. The quantitative estimate of drug-likeness (QED) is 0.774. The highest BCUT2D eigenvalue weighted by molar-refractivity contribution is 7.12. The van der Waals surface area contributed by atoms with Gasteiger partial charge in [0.15, 0.2) is 0 Å². The zero-order chi connectivity index (χ0) is 14.5. The lowest BCUT2D eigenvalue weighted by Gasteiger charge is -2.18. The van der Waals surface area contributed by atoms with E-state index in [0.29, 0.717) is 10.6 Å². The van der Waals surface area contributed by atoms with Gasteiger partial charge in [0.05, 0.1) is 6.04 Å². The highest BCUT2D eigenvalue weighted by Gasteiger charge is 2.19. The van der Waals surface area contributed by atoms with Gasteiger partial charge in [-0.3, -0.25) is 0 Å². The van der Waals surface area contributed by atoms with E-state index in [4.69, 9.17) is 11.6 Å². The lowest BCUT2D eigenvalue weighted by Crippen LogP contribution is -2.23. The lowest BCUT2D eigenvalue weighted by atomic mass is 10.0. The van der Waals surface area contributed by atoms with E-state index in [-0.39, 0.29) is 11.9 Å². The van der Waals surface area contributed by atoms with Gasteiger partial charge in [0.2, 0.25) is 0 Å². The maximum Gasteiger partial charge on any atom is 0.128 e. The van der Waals surface area contributed by atoms with Crippen molar-refractivity contribution in [1.82, 2.24) is 5.32 Å². The Morgan fingerprint density at radius 3 is 2.70 bits per heavy atom. The van der Waals surface area contributed by atoms with Crippen molar-refractivity contribution >= 4 is 22.9 Å². The molecule has 1 nitrogen and oxygen atoms in total. The van der Waals surface area contributed by atoms with Gasteiger partial charge in [-0.25, -0.2) is 4.39 Å². The van der Waals surface area contributed by atoms with E-state index in [1.165, 1.54) is 10.9 Å². The molecule has 0 saturated carbocycles. The molecule has 0 radical (unpaired) electrons. The normalized spacial score (nSPS) is 12.6. The average Bonchev–Trinajstić information content (AvgIpc) is 2.92. The molecular formula is C16H19ClFNS. The fraction of sp³-hybridized carbons (Fsp3) is 0.375. The summed E-state index contributed by atoms with van der Waals surface area (Å²) in [4.78, 5) is 2.45. The number of nitrogens with one attached hydrogen (secondary N) is 1. The summed E-state index contributed by atoms with van der Waals surface area (Å²) < 4.78 is 14.1. The number of hydrogen-bond donors (Lipinski definition) is 1. The Bertz CT molecular complexity index is 567. The van der Waals surface area contributed by atoms with Gasteiger partial charge in [-0.15, -0.1) is 11.3 Å². The van der Waals surface area contributed by atoms with Gasteiger partial charge in [-0.05, 0) is 49.7 Å². The molecule has 1 unspecified atom stereocenters. The maximum atomic E-state index is 14.1. The minimum Gasteiger partial charge on any atom is -0.306 e. The zero-order valence-electron chi connectivity index (χ0n) is 11.7. The van der Waals surface area contributed by atoms with Crippen LogP contribution in [0.25, 0.3) is 0 Å². The number of aryl methyl sites for hydroxylation is 1. The summed E-state index contributed by atoms with van der Waals surface area (Å²) in [5.41, 5.74) is 0.621. The van der Waals surface area contributed by atoms with Crippen molar-refractivity contribution in [3.8, 4) is 0 Å². The summed E-state index contributed by atoms with van der Waals surface area (Å²) in [5, 5.41) is 3.99. The maximum absolute atomic E-state index is 14.1. The second-order valence-electron chi connectivity index (χ2n) is 4.71. The standard InChI is InChI=1S/C16H19ClFNS/c1-3-9-19-16(15-8-6-12(4-2)20-15)13-10-11(17)5-7-14(13)18/h5-8,10,16,19H,3-4,9H2,1-2H3. The molecule has 4 heteroatoms. The van der Waals surface area contributed by atoms with Gasteiger partial charge in [-0.2, -0.15) is 0 Å². The Labute approximate surface area is 128 Å². The van der Waals surface area contributed by atoms with Crippen molar-refractivity contribution in [3.63, 3.8) is 0 Å². The predicted molar refractivity (Wildman–Crippen MR) is 85.2 cm³/mol. The molecule has 1 heterocycles. The van der Waals surface area contributed by atoms with E-state index in [9.17, 15) is 4.39 Å². The molecular weight excluding hydrogens is 293 g/mol. The molecule has 1 N–H and O–H groups in total. The number of rotatable bonds is 6. The van der Waals surface area contributed by atoms with E-state index in [2.05, 4.69) is 31.3 Å². The lowest BCUT2D eigenvalue weighted by molar-refractivity contribution is 0.551. The Balaban J connectivity index is 2.38. The second kappa shape index (κ2) is 7.21. The van der Waals surface area contributed by atoms with Crippen molar-refractivity contribution in [2.24, 2.45) is 0 Å². The van der Waals surface area contributed by atoms with Crippen molar-refractivity contribution < 1.29 is 4.39 Å². The molecule has 0 spiro atoms. The first-order valence-electron chi connectivity index (χ1n) is 6.92. The van der Waals surface area contributed by atoms with Gasteiger partial charge in [0, 0.05) is 20.3 Å². The molecule has 0 amide bonds. The van der Waals surface area contributed by atoms with Crippen LogP contribution in [0.5, 0.6) is 0 Å². The molecule has 0 bridgehead atoms. The van der Waals surface area contributed by atoms with Crippen LogP contribution >= 0.6 is 22.9 Å². The number of thiophene rings is 1. The fourth-order valence-electron chi connectivity index (χ4n) is 2.13. The SMILES string of the molecule is CCCNC(c1ccc(CC)s1)c1cc(Cl)ccc1F. The zero-order valence-corrected chi connectivity index (χ0v) is 13.3. The summed E-state index contributed by atoms with van der Waals surface area (Å²) in [6.45, 7) is 5.07. The molecule has 0 aliphatic carbocycles. The molecule has 1 atom stereocenters. The first-order chi connectivity index (χ1) is 9.65. The molecule has 2 rings (SSSR count). The Morgan fingerprint density at radius 2 is 2.05 bits per heavy atom. The summed E-state index contributed by atoms with van der Waals surface area (Å²) in [6, 6.07) is 8.81. The number of halogens is 2. The van der Waals surface area contributed by atoms with Gasteiger partial charge in [0.1, 0.15) is 5.82 Å². The van der Waals surface area contributed by atoms with Crippen molar-refractivity contribution in [1.29, 1.82) is 0 Å². The van der Waals surface area contributed by atoms with Crippen LogP contribution in [0.3, 0.4) is 0 Å². The van der Waals surface area contributed by atoms with Crippen LogP contribution in [0.1, 0.15) is 41.6 Å². The fourth-order valence-corrected chi connectivity index (χ4v) is 3.36. The van der Waals surface area contributed by atoms with Gasteiger partial charge < -0.3 is 5.32 Å². The molecule has 0 aliphatic heterocycles. The van der Waals surface area contributed by atoms with Crippen LogP contribution in [-0.2, 0) is 6.42 Å². The Morgan fingerprint density at radius 1 is 1.25 bits per heavy atom. The molecule has 1 aromatic heterocycles. The van der Waals surface area contributed by atoms with Crippen molar-refractivity contribution in [2.45, 2.75) is 32.7 Å². The van der Waals surface area contributed by atoms with Crippen LogP contribution in [0.15, 0.2) is 30.3 Å². The molecule has 0 aliphatic rings. The third-order valence-electron chi connectivity index (χ3n) is 3.18. The Hall–Kier alpha value is -0.900. The summed E-state index contributed by atoms with van der Waals surface area (Å²) >= 11 is 7.75. The van der Waals surface area contributed by atoms with Crippen LogP contribution in [-0.4, -0.2) is 6.54 Å². The van der Waals surface area contributed by atoms with E-state index >= 15 is 0 Å². The largest absolute Gasteiger partial charge is 0.306 e. The summed E-state index contributed by atoms with van der Waals surface area (Å²) in [5.74, 6) is -0.213. The van der Waals surface area contributed by atoms with E-state index in [0.717, 1.165) is 24.3 Å². The molecule has 20 heavy (non-hydrogen) atoms. The van der Waals surface area contributed by atoms with Crippen molar-refractivity contribution in [3.05, 3.63) is 56.5 Å². The predicted octanol–water partition coefficient (Wildman–Crippen LogP) is 5.19. The minimum atomic E-state index is -0.213. The van der Waals surface area contributed by atoms with Gasteiger partial charge in [0.25, 0.3) is 0 Å². The van der Waals surface area contributed by atoms with Crippen LogP contribution < -0.4 is 5.32 Å². The third kappa shape index (κ3) is 3.60. The summed E-state index contributed by atoms with van der Waals surface area (Å²) in [6.07, 6.45) is 2.01. The van der Waals surface area contributed by atoms with Crippen LogP contribution in [0, 0.1) is 5.82 Å². The van der Waals surface area contributed by atoms with E-state index in [1.54, 1.807) is 23.5 Å². The average molecular weight is 312 g/mol. The molecule has 0 fully saturated rings. The third-order valence-corrected chi connectivity index (χ3v) is 4.71. The number of benzene rings is 1. The van der Waals surface area contributed by atoms with Gasteiger partial charge in [-0.1, -0.05) is 25.4 Å². The number of hydrogen-bond acceptors (Lipinski definition) is 2. The van der Waals surface area contributed by atoms with Gasteiger partial charge >= 0.3 is 0 Å². The molecule has 0 saturated heterocycles. The van der Waals surface area contributed by atoms with Crippen LogP contribution in [0.4, 0.5) is 4.39 Å². The second-order valence-corrected chi connectivity index (χ2v) is 6.35. The smallest absolute Gasteiger partial charge is 0.128 e. The Kier molecular flexibility index (Phi) is 5.58. The monoisotopic (exact) mass is 311 g/mol. The molecule has 2 aromatic rings. The highest BCUT2D eigenvalue weighted by Crippen LogP contribution is 2.31. The highest BCUT2D eigenvalue weighted by atomic mass is 35.5. The van der Waals surface area contributed by atoms with Crippen LogP contribution in [0.2, 0.25) is 5.02 Å².